The molecule has 0 aliphatic carbocycles. The molecule has 0 N–H and O–H groups in total. The standard InChI is InChI=1S/C21H41NO4SSi/c1-2-3-4-5-6-7-8-9-10-12-21(23)27-19-11-20-28-24-16-13-22(14-17-25-28)15-18-26-28/h2-20H2,1H3. The first-order valence-corrected chi connectivity index (χ1v) is 14.5. The van der Waals surface area contributed by atoms with Crippen LogP contribution in [0.3, 0.4) is 0 Å². The fourth-order valence-corrected chi connectivity index (χ4v) is 7.36. The Morgan fingerprint density at radius 3 is 1.93 bits per heavy atom. The number of hydrogen-bond donors (Lipinski definition) is 0. The Hall–Kier alpha value is 0.0769. The van der Waals surface area contributed by atoms with Crippen molar-refractivity contribution < 1.29 is 18.1 Å². The smallest absolute Gasteiger partial charge is 0.372 e. The third-order valence-electron chi connectivity index (χ3n) is 5.56. The first kappa shape index (κ1) is 24.3. The lowest BCUT2D eigenvalue weighted by Gasteiger charge is -2.38. The van der Waals surface area contributed by atoms with Gasteiger partial charge in [-0.1, -0.05) is 70.1 Å². The van der Waals surface area contributed by atoms with Gasteiger partial charge in [0.15, 0.2) is 5.12 Å². The van der Waals surface area contributed by atoms with E-state index in [2.05, 4.69) is 11.8 Å². The molecular weight excluding hydrogens is 390 g/mol. The molecule has 0 aromatic heterocycles. The van der Waals surface area contributed by atoms with Crippen molar-refractivity contribution in [3.8, 4) is 0 Å². The zero-order valence-electron chi connectivity index (χ0n) is 17.9. The maximum Gasteiger partial charge on any atom is 0.501 e. The molecule has 5 nitrogen and oxygen atoms in total. The van der Waals surface area contributed by atoms with Crippen LogP contribution < -0.4 is 0 Å². The summed E-state index contributed by atoms with van der Waals surface area (Å²) in [5, 5.41) is 0.343. The summed E-state index contributed by atoms with van der Waals surface area (Å²) in [5.41, 5.74) is 0. The molecule has 3 rings (SSSR count). The van der Waals surface area contributed by atoms with Crippen LogP contribution in [0.25, 0.3) is 0 Å². The van der Waals surface area contributed by atoms with Crippen molar-refractivity contribution in [1.82, 2.24) is 4.90 Å². The molecule has 3 aliphatic heterocycles. The summed E-state index contributed by atoms with van der Waals surface area (Å²) in [6.45, 7) is 7.31. The lowest BCUT2D eigenvalue weighted by atomic mass is 10.1. The van der Waals surface area contributed by atoms with Crippen LogP contribution in [-0.4, -0.2) is 64.0 Å². The minimum absolute atomic E-state index is 0.343. The molecule has 164 valence electrons. The van der Waals surface area contributed by atoms with E-state index in [9.17, 15) is 4.79 Å². The van der Waals surface area contributed by atoms with Gasteiger partial charge >= 0.3 is 8.80 Å². The van der Waals surface area contributed by atoms with E-state index in [0.717, 1.165) is 50.7 Å². The number of carbonyl (C=O) groups excluding carboxylic acids is 1. The molecule has 7 heteroatoms. The lowest BCUT2D eigenvalue weighted by Crippen LogP contribution is -2.55. The zero-order chi connectivity index (χ0) is 19.9. The third-order valence-corrected chi connectivity index (χ3v) is 9.48. The van der Waals surface area contributed by atoms with E-state index in [1.165, 1.54) is 63.1 Å². The molecule has 0 atom stereocenters. The van der Waals surface area contributed by atoms with Crippen LogP contribution in [-0.2, 0) is 18.1 Å². The largest absolute Gasteiger partial charge is 0.501 e. The SMILES string of the molecule is CCCCCCCCCCCC(=O)SCCC[Si]12OCCN(CCO1)CCO2. The molecule has 0 aromatic carbocycles. The number of unbranched alkanes of at least 4 members (excludes halogenated alkanes) is 8. The average Bonchev–Trinajstić information content (AvgIpc) is 2.64. The van der Waals surface area contributed by atoms with Gasteiger partial charge in [-0.25, -0.2) is 0 Å². The van der Waals surface area contributed by atoms with E-state index in [4.69, 9.17) is 13.3 Å². The van der Waals surface area contributed by atoms with E-state index >= 15 is 0 Å². The highest BCUT2D eigenvalue weighted by atomic mass is 32.2. The number of nitrogens with zero attached hydrogens (tertiary/aromatic N) is 1. The Bertz CT molecular complexity index is 401. The van der Waals surface area contributed by atoms with E-state index < -0.39 is 8.80 Å². The van der Waals surface area contributed by atoms with E-state index in [1.807, 2.05) is 0 Å². The van der Waals surface area contributed by atoms with Gasteiger partial charge in [0.2, 0.25) is 0 Å². The molecule has 0 saturated carbocycles. The van der Waals surface area contributed by atoms with Crippen molar-refractivity contribution in [3.63, 3.8) is 0 Å². The Balaban J connectivity index is 1.47. The average molecular weight is 432 g/mol. The molecular formula is C21H41NO4SSi. The minimum Gasteiger partial charge on any atom is -0.372 e. The number of carbonyl (C=O) groups is 1. The highest BCUT2D eigenvalue weighted by molar-refractivity contribution is 8.13. The summed E-state index contributed by atoms with van der Waals surface area (Å²) in [4.78, 5) is 14.4. The van der Waals surface area contributed by atoms with Crippen molar-refractivity contribution in [2.75, 3.05) is 45.2 Å². The first-order valence-electron chi connectivity index (χ1n) is 11.5. The van der Waals surface area contributed by atoms with Crippen LogP contribution in [0.4, 0.5) is 0 Å². The normalized spacial score (nSPS) is 25.2. The second-order valence-electron chi connectivity index (χ2n) is 7.97. The van der Waals surface area contributed by atoms with Crippen molar-refractivity contribution in [2.24, 2.45) is 0 Å². The van der Waals surface area contributed by atoms with Gasteiger partial charge in [0.1, 0.15) is 0 Å². The van der Waals surface area contributed by atoms with Crippen LogP contribution in [0, 0.1) is 0 Å². The Morgan fingerprint density at radius 1 is 0.821 bits per heavy atom. The van der Waals surface area contributed by atoms with Gasteiger partial charge in [0, 0.05) is 37.9 Å². The Kier molecular flexibility index (Phi) is 13.0. The van der Waals surface area contributed by atoms with Crippen molar-refractivity contribution in [2.45, 2.75) is 83.6 Å². The number of rotatable bonds is 14. The van der Waals surface area contributed by atoms with E-state index in [-0.39, 0.29) is 0 Å². The van der Waals surface area contributed by atoms with Crippen molar-refractivity contribution >= 4 is 25.7 Å². The van der Waals surface area contributed by atoms with Crippen LogP contribution in [0.5, 0.6) is 0 Å². The highest BCUT2D eigenvalue weighted by Gasteiger charge is 2.43. The molecule has 3 aliphatic rings. The topological polar surface area (TPSA) is 48.0 Å². The highest BCUT2D eigenvalue weighted by Crippen LogP contribution is 2.23. The summed E-state index contributed by atoms with van der Waals surface area (Å²) < 4.78 is 18.1. The molecule has 3 saturated heterocycles. The Morgan fingerprint density at radius 2 is 1.36 bits per heavy atom. The second kappa shape index (κ2) is 15.0. The fraction of sp³-hybridized carbons (Fsp3) is 0.952. The van der Waals surface area contributed by atoms with Gasteiger partial charge in [-0.2, -0.15) is 0 Å². The van der Waals surface area contributed by atoms with Gasteiger partial charge in [0.05, 0.1) is 19.8 Å². The third kappa shape index (κ3) is 10.2. The van der Waals surface area contributed by atoms with Crippen molar-refractivity contribution in [3.05, 3.63) is 0 Å². The van der Waals surface area contributed by atoms with Gasteiger partial charge < -0.3 is 13.3 Å². The second-order valence-corrected chi connectivity index (χ2v) is 11.9. The quantitative estimate of drug-likeness (QED) is 0.289. The molecule has 0 amide bonds. The molecule has 0 spiro atoms. The molecule has 2 bridgehead atoms. The van der Waals surface area contributed by atoms with Gasteiger partial charge in [-0.05, 0) is 12.8 Å². The summed E-state index contributed by atoms with van der Waals surface area (Å²) in [6.07, 6.45) is 13.3. The molecule has 3 heterocycles. The predicted molar refractivity (Wildman–Crippen MR) is 119 cm³/mol. The number of thioether (sulfide) groups is 1. The fourth-order valence-electron chi connectivity index (χ4n) is 3.79. The molecule has 0 unspecified atom stereocenters. The summed E-state index contributed by atoms with van der Waals surface area (Å²) in [5.74, 6) is 0.854. The molecule has 28 heavy (non-hydrogen) atoms. The molecule has 3 fully saturated rings. The first-order chi connectivity index (χ1) is 13.7. The maximum absolute atomic E-state index is 12.1. The lowest BCUT2D eigenvalue weighted by molar-refractivity contribution is -0.111. The molecule has 0 radical (unpaired) electrons. The van der Waals surface area contributed by atoms with Gasteiger partial charge in [0.25, 0.3) is 0 Å². The Labute approximate surface area is 177 Å². The van der Waals surface area contributed by atoms with Gasteiger partial charge in [-0.3, -0.25) is 9.69 Å². The van der Waals surface area contributed by atoms with Crippen molar-refractivity contribution in [1.29, 1.82) is 0 Å². The van der Waals surface area contributed by atoms with Gasteiger partial charge in [-0.15, -0.1) is 0 Å². The monoisotopic (exact) mass is 431 g/mol. The van der Waals surface area contributed by atoms with Crippen LogP contribution in [0.2, 0.25) is 6.04 Å². The minimum atomic E-state index is -2.50. The molecule has 0 aromatic rings. The van der Waals surface area contributed by atoms with Crippen LogP contribution in [0.1, 0.15) is 77.6 Å². The summed E-state index contributed by atoms with van der Waals surface area (Å²) in [6, 6.07) is 0.839. The number of hydrogen-bond acceptors (Lipinski definition) is 6. The summed E-state index contributed by atoms with van der Waals surface area (Å²) in [7, 11) is -2.50. The number of fused-ring (bicyclic) bond motifs is 6. The van der Waals surface area contributed by atoms with E-state index in [1.54, 1.807) is 0 Å². The van der Waals surface area contributed by atoms with Crippen LogP contribution in [0.15, 0.2) is 0 Å². The predicted octanol–water partition coefficient (Wildman–Crippen LogP) is 4.88. The summed E-state index contributed by atoms with van der Waals surface area (Å²) >= 11 is 1.49. The zero-order valence-corrected chi connectivity index (χ0v) is 19.7. The maximum atomic E-state index is 12.1. The van der Waals surface area contributed by atoms with Crippen LogP contribution >= 0.6 is 11.8 Å². The van der Waals surface area contributed by atoms with E-state index in [0.29, 0.717) is 24.9 Å².